The molecule has 100 valence electrons. The van der Waals surface area contributed by atoms with E-state index in [1.807, 2.05) is 0 Å². The Kier molecular flexibility index (Phi) is 4.69. The quantitative estimate of drug-likeness (QED) is 0.693. The van der Waals surface area contributed by atoms with Gasteiger partial charge in [0.25, 0.3) is 0 Å². The van der Waals surface area contributed by atoms with Gasteiger partial charge in [0.15, 0.2) is 0 Å². The van der Waals surface area contributed by atoms with Gasteiger partial charge < -0.3 is 10.2 Å². The van der Waals surface area contributed by atoms with E-state index in [1.54, 1.807) is 12.1 Å². The number of phenolic OH excluding ortho intramolecular Hbond substituents is 1. The molecule has 0 aliphatic carbocycles. The summed E-state index contributed by atoms with van der Waals surface area (Å²) in [5.41, 5.74) is 0.624. The minimum Gasteiger partial charge on any atom is -0.508 e. The summed E-state index contributed by atoms with van der Waals surface area (Å²) in [5, 5.41) is 18.1. The summed E-state index contributed by atoms with van der Waals surface area (Å²) in [6.07, 6.45) is 0.0227. The lowest BCUT2D eigenvalue weighted by Crippen LogP contribution is -2.42. The Hall–Kier alpha value is -1.60. The van der Waals surface area contributed by atoms with Gasteiger partial charge in [-0.05, 0) is 31.0 Å². The zero-order chi connectivity index (χ0) is 13.8. The fourth-order valence-electron chi connectivity index (χ4n) is 1.35. The van der Waals surface area contributed by atoms with Gasteiger partial charge in [0.1, 0.15) is 11.8 Å². The van der Waals surface area contributed by atoms with Crippen LogP contribution in [0.15, 0.2) is 24.3 Å². The average Bonchev–Trinajstić information content (AvgIpc) is 2.31. The van der Waals surface area contributed by atoms with Crippen molar-refractivity contribution in [3.05, 3.63) is 29.8 Å². The average molecular weight is 273 g/mol. The van der Waals surface area contributed by atoms with Gasteiger partial charge in [-0.3, -0.25) is 4.79 Å². The van der Waals surface area contributed by atoms with Crippen LogP contribution in [0.2, 0.25) is 0 Å². The molecule has 0 heterocycles. The van der Waals surface area contributed by atoms with Crippen molar-refractivity contribution in [2.45, 2.75) is 19.4 Å². The number of sulfonamides is 1. The van der Waals surface area contributed by atoms with Crippen LogP contribution in [-0.4, -0.2) is 36.4 Å². The van der Waals surface area contributed by atoms with Crippen LogP contribution in [0.3, 0.4) is 0 Å². The number of carboxylic acid groups (broad SMARTS) is 1. The third-order valence-electron chi connectivity index (χ3n) is 2.38. The minimum atomic E-state index is -3.57. The first-order valence-electron chi connectivity index (χ1n) is 5.35. The molecule has 0 spiro atoms. The molecule has 6 nitrogen and oxygen atoms in total. The maximum atomic E-state index is 11.3. The number of carboxylic acids is 1. The zero-order valence-corrected chi connectivity index (χ0v) is 10.6. The zero-order valence-electron chi connectivity index (χ0n) is 9.83. The third kappa shape index (κ3) is 4.34. The van der Waals surface area contributed by atoms with Crippen molar-refractivity contribution in [3.8, 4) is 5.75 Å². The fourth-order valence-corrected chi connectivity index (χ4v) is 2.13. The number of carbonyl (C=O) groups is 1. The highest BCUT2D eigenvalue weighted by molar-refractivity contribution is 7.89. The molecule has 18 heavy (non-hydrogen) atoms. The molecule has 1 aromatic carbocycles. The van der Waals surface area contributed by atoms with Crippen LogP contribution in [0, 0.1) is 0 Å². The highest BCUT2D eigenvalue weighted by Gasteiger charge is 2.23. The molecule has 0 saturated carbocycles. The summed E-state index contributed by atoms with van der Waals surface area (Å²) in [7, 11) is -3.57. The third-order valence-corrected chi connectivity index (χ3v) is 3.78. The second-order valence-electron chi connectivity index (χ2n) is 3.78. The highest BCUT2D eigenvalue weighted by Crippen LogP contribution is 2.11. The number of hydrogen-bond acceptors (Lipinski definition) is 4. The second-order valence-corrected chi connectivity index (χ2v) is 5.83. The highest BCUT2D eigenvalue weighted by atomic mass is 32.2. The Labute approximate surface area is 105 Å². The van der Waals surface area contributed by atoms with Crippen LogP contribution >= 0.6 is 0 Å². The SMILES string of the molecule is CCS(=O)(=O)N[C@H](Cc1ccc(O)cc1)C(=O)O. The van der Waals surface area contributed by atoms with Crippen molar-refractivity contribution in [2.75, 3.05) is 5.75 Å². The lowest BCUT2D eigenvalue weighted by Gasteiger charge is -2.14. The van der Waals surface area contributed by atoms with Gasteiger partial charge in [0.2, 0.25) is 10.0 Å². The first-order valence-corrected chi connectivity index (χ1v) is 7.00. The Balaban J connectivity index is 2.81. The predicted octanol–water partition coefficient (Wildman–Crippen LogP) is 0.327. The summed E-state index contributed by atoms with van der Waals surface area (Å²) >= 11 is 0. The molecule has 0 fully saturated rings. The number of aromatic hydroxyl groups is 1. The first kappa shape index (κ1) is 14.5. The van der Waals surface area contributed by atoms with Crippen LogP contribution in [-0.2, 0) is 21.2 Å². The van der Waals surface area contributed by atoms with Crippen molar-refractivity contribution in [2.24, 2.45) is 0 Å². The van der Waals surface area contributed by atoms with E-state index in [0.717, 1.165) is 0 Å². The van der Waals surface area contributed by atoms with E-state index in [4.69, 9.17) is 10.2 Å². The fraction of sp³-hybridized carbons (Fsp3) is 0.364. The lowest BCUT2D eigenvalue weighted by atomic mass is 10.1. The van der Waals surface area contributed by atoms with Crippen molar-refractivity contribution in [1.82, 2.24) is 4.72 Å². The van der Waals surface area contributed by atoms with E-state index >= 15 is 0 Å². The smallest absolute Gasteiger partial charge is 0.322 e. The summed E-state index contributed by atoms with van der Waals surface area (Å²) in [6.45, 7) is 1.43. The number of rotatable bonds is 6. The van der Waals surface area contributed by atoms with E-state index < -0.39 is 22.0 Å². The van der Waals surface area contributed by atoms with Crippen LogP contribution in [0.1, 0.15) is 12.5 Å². The van der Waals surface area contributed by atoms with Gasteiger partial charge in [-0.1, -0.05) is 12.1 Å². The standard InChI is InChI=1S/C11H15NO5S/c1-2-18(16,17)12-10(11(14)15)7-8-3-5-9(13)6-4-8/h3-6,10,12-13H,2,7H2,1H3,(H,14,15)/t10-/m1/s1. The normalized spacial score (nSPS) is 13.2. The molecule has 1 aromatic rings. The molecular formula is C11H15NO5S. The van der Waals surface area contributed by atoms with Crippen LogP contribution in [0.4, 0.5) is 0 Å². The largest absolute Gasteiger partial charge is 0.508 e. The number of nitrogens with one attached hydrogen (secondary N) is 1. The van der Waals surface area contributed by atoms with Crippen molar-refractivity contribution >= 4 is 16.0 Å². The van der Waals surface area contributed by atoms with Crippen molar-refractivity contribution < 1.29 is 23.4 Å². The molecule has 0 saturated heterocycles. The molecule has 0 aliphatic heterocycles. The van der Waals surface area contributed by atoms with Gasteiger partial charge in [-0.15, -0.1) is 0 Å². The van der Waals surface area contributed by atoms with Gasteiger partial charge in [0, 0.05) is 0 Å². The Morgan fingerprint density at radius 1 is 1.33 bits per heavy atom. The summed E-state index contributed by atoms with van der Waals surface area (Å²) in [4.78, 5) is 11.0. The van der Waals surface area contributed by atoms with E-state index in [2.05, 4.69) is 4.72 Å². The molecule has 0 amide bonds. The number of phenols is 1. The maximum absolute atomic E-state index is 11.3. The number of benzene rings is 1. The summed E-state index contributed by atoms with van der Waals surface area (Å²) < 4.78 is 24.8. The second kappa shape index (κ2) is 5.83. The monoisotopic (exact) mass is 273 g/mol. The topological polar surface area (TPSA) is 104 Å². The molecule has 0 aliphatic rings. The molecule has 0 bridgehead atoms. The maximum Gasteiger partial charge on any atom is 0.322 e. The molecule has 0 aromatic heterocycles. The predicted molar refractivity (Wildman–Crippen MR) is 65.8 cm³/mol. The van der Waals surface area contributed by atoms with Crippen LogP contribution < -0.4 is 4.72 Å². The van der Waals surface area contributed by atoms with Crippen molar-refractivity contribution in [3.63, 3.8) is 0 Å². The van der Waals surface area contributed by atoms with E-state index in [0.29, 0.717) is 5.56 Å². The number of hydrogen-bond donors (Lipinski definition) is 3. The van der Waals surface area contributed by atoms with Gasteiger partial charge in [0.05, 0.1) is 5.75 Å². The molecule has 1 rings (SSSR count). The Morgan fingerprint density at radius 3 is 2.33 bits per heavy atom. The Bertz CT molecular complexity index is 509. The van der Waals surface area contributed by atoms with Crippen LogP contribution in [0.25, 0.3) is 0 Å². The molecule has 0 radical (unpaired) electrons. The minimum absolute atomic E-state index is 0.0227. The van der Waals surface area contributed by atoms with Crippen LogP contribution in [0.5, 0.6) is 5.75 Å². The Morgan fingerprint density at radius 2 is 1.89 bits per heavy atom. The molecule has 1 atom stereocenters. The molecule has 7 heteroatoms. The van der Waals surface area contributed by atoms with E-state index in [1.165, 1.54) is 19.1 Å². The van der Waals surface area contributed by atoms with E-state index in [-0.39, 0.29) is 17.9 Å². The van der Waals surface area contributed by atoms with Gasteiger partial charge in [-0.2, -0.15) is 0 Å². The molecule has 0 unspecified atom stereocenters. The number of aliphatic carboxylic acids is 1. The van der Waals surface area contributed by atoms with E-state index in [9.17, 15) is 13.2 Å². The molecular weight excluding hydrogens is 258 g/mol. The lowest BCUT2D eigenvalue weighted by molar-refractivity contribution is -0.138. The first-order chi connectivity index (χ1) is 8.34. The van der Waals surface area contributed by atoms with Gasteiger partial charge >= 0.3 is 5.97 Å². The summed E-state index contributed by atoms with van der Waals surface area (Å²) in [5.74, 6) is -1.34. The molecule has 3 N–H and O–H groups in total. The summed E-state index contributed by atoms with van der Waals surface area (Å²) in [6, 6.07) is 4.72. The van der Waals surface area contributed by atoms with Gasteiger partial charge in [-0.25, -0.2) is 13.1 Å². The van der Waals surface area contributed by atoms with Crippen molar-refractivity contribution in [1.29, 1.82) is 0 Å².